The molecule has 0 spiro atoms. The van der Waals surface area contributed by atoms with Gasteiger partial charge in [-0.05, 0) is 25.0 Å². The van der Waals surface area contributed by atoms with Gasteiger partial charge in [-0.15, -0.1) is 0 Å². The molecule has 2 amide bonds. The predicted octanol–water partition coefficient (Wildman–Crippen LogP) is 2.10. The van der Waals surface area contributed by atoms with Crippen molar-refractivity contribution >= 4 is 17.5 Å². The van der Waals surface area contributed by atoms with Crippen LogP contribution in [0.15, 0.2) is 36.5 Å². The van der Waals surface area contributed by atoms with Gasteiger partial charge in [0, 0.05) is 12.2 Å². The molecule has 0 aliphatic heterocycles. The summed E-state index contributed by atoms with van der Waals surface area (Å²) in [6.45, 7) is -0.140. The Balaban J connectivity index is 1.54. The summed E-state index contributed by atoms with van der Waals surface area (Å²) in [4.78, 5) is 24.3. The van der Waals surface area contributed by atoms with E-state index in [0.717, 1.165) is 25.7 Å². The van der Waals surface area contributed by atoms with Crippen LogP contribution in [0.5, 0.6) is 5.75 Å². The summed E-state index contributed by atoms with van der Waals surface area (Å²) in [7, 11) is 0. The molecule has 1 aliphatic carbocycles. The van der Waals surface area contributed by atoms with E-state index < -0.39 is 0 Å². The summed E-state index contributed by atoms with van der Waals surface area (Å²) in [5.74, 6) is -0.0170. The molecule has 126 valence electrons. The fraction of sp³-hybridized carbons (Fsp3) is 0.353. The Bertz CT molecular complexity index is 693. The zero-order valence-electron chi connectivity index (χ0n) is 13.2. The van der Waals surface area contributed by atoms with Gasteiger partial charge in [0.25, 0.3) is 11.8 Å². The van der Waals surface area contributed by atoms with Gasteiger partial charge in [-0.1, -0.05) is 31.0 Å². The first-order valence-corrected chi connectivity index (χ1v) is 8.05. The van der Waals surface area contributed by atoms with Crippen molar-refractivity contribution in [2.75, 3.05) is 11.9 Å². The third-order valence-corrected chi connectivity index (χ3v) is 3.93. The van der Waals surface area contributed by atoms with Crippen LogP contribution in [0.3, 0.4) is 0 Å². The van der Waals surface area contributed by atoms with E-state index >= 15 is 0 Å². The molecule has 7 heteroatoms. The predicted molar refractivity (Wildman–Crippen MR) is 88.9 cm³/mol. The first kappa shape index (κ1) is 16.0. The molecule has 24 heavy (non-hydrogen) atoms. The quantitative estimate of drug-likeness (QED) is 0.756. The van der Waals surface area contributed by atoms with Crippen LogP contribution in [0.2, 0.25) is 0 Å². The maximum Gasteiger partial charge on any atom is 0.274 e. The van der Waals surface area contributed by atoms with E-state index in [4.69, 9.17) is 4.74 Å². The Labute approximate surface area is 139 Å². The number of hydrogen-bond acceptors (Lipinski definition) is 4. The van der Waals surface area contributed by atoms with Gasteiger partial charge < -0.3 is 15.4 Å². The lowest BCUT2D eigenvalue weighted by molar-refractivity contribution is -0.118. The maximum absolute atomic E-state index is 12.3. The number of rotatable bonds is 6. The maximum atomic E-state index is 12.3. The second-order valence-corrected chi connectivity index (χ2v) is 5.75. The molecule has 1 fully saturated rings. The van der Waals surface area contributed by atoms with Gasteiger partial charge in [0.15, 0.2) is 12.3 Å². The van der Waals surface area contributed by atoms with Gasteiger partial charge in [-0.25, -0.2) is 0 Å². The average Bonchev–Trinajstić information content (AvgIpc) is 3.26. The Hall–Kier alpha value is -2.83. The molecule has 2 aromatic rings. The lowest BCUT2D eigenvalue weighted by atomic mass is 10.2. The van der Waals surface area contributed by atoms with E-state index in [1.807, 2.05) is 18.2 Å². The zero-order chi connectivity index (χ0) is 16.8. The number of benzene rings is 1. The molecular weight excluding hydrogens is 308 g/mol. The molecule has 7 nitrogen and oxygen atoms in total. The minimum Gasteiger partial charge on any atom is -0.484 e. The molecule has 0 atom stereocenters. The molecule has 0 bridgehead atoms. The van der Waals surface area contributed by atoms with Crippen molar-refractivity contribution in [1.82, 2.24) is 15.5 Å². The summed E-state index contributed by atoms with van der Waals surface area (Å²) >= 11 is 0. The Morgan fingerprint density at radius 3 is 2.71 bits per heavy atom. The molecule has 3 rings (SSSR count). The van der Waals surface area contributed by atoms with Crippen LogP contribution in [0.1, 0.15) is 36.2 Å². The fourth-order valence-electron chi connectivity index (χ4n) is 2.73. The second kappa shape index (κ2) is 7.63. The number of aromatic amines is 1. The van der Waals surface area contributed by atoms with Gasteiger partial charge >= 0.3 is 0 Å². The fourth-order valence-corrected chi connectivity index (χ4v) is 2.73. The number of carbonyl (C=O) groups excluding carboxylic acids is 2. The average molecular weight is 328 g/mol. The molecule has 1 aromatic carbocycles. The van der Waals surface area contributed by atoms with E-state index in [0.29, 0.717) is 11.4 Å². The molecular formula is C17H20N4O3. The number of hydrogen-bond donors (Lipinski definition) is 3. The number of amides is 2. The van der Waals surface area contributed by atoms with E-state index in [1.54, 1.807) is 12.1 Å². The summed E-state index contributed by atoms with van der Waals surface area (Å²) < 4.78 is 5.38. The highest BCUT2D eigenvalue weighted by molar-refractivity contribution is 6.02. The van der Waals surface area contributed by atoms with Crippen molar-refractivity contribution in [2.45, 2.75) is 31.7 Å². The number of para-hydroxylation sites is 1. The second-order valence-electron chi connectivity index (χ2n) is 5.75. The number of nitrogens with one attached hydrogen (secondary N) is 3. The van der Waals surface area contributed by atoms with Crippen LogP contribution in [0.25, 0.3) is 0 Å². The highest BCUT2D eigenvalue weighted by atomic mass is 16.5. The standard InChI is InChI=1S/C17H20N4O3/c22-15(11-24-13-8-2-1-3-9-13)20-14-10-18-21-16(14)17(23)19-12-6-4-5-7-12/h1-3,8-10,12H,4-7,11H2,(H,18,21)(H,19,23)(H,20,22). The third-order valence-electron chi connectivity index (χ3n) is 3.93. The van der Waals surface area contributed by atoms with E-state index in [1.165, 1.54) is 6.20 Å². The Kier molecular flexibility index (Phi) is 5.10. The molecule has 3 N–H and O–H groups in total. The van der Waals surface area contributed by atoms with Gasteiger partial charge in [0.1, 0.15) is 5.75 Å². The topological polar surface area (TPSA) is 96.1 Å². The van der Waals surface area contributed by atoms with Gasteiger partial charge in [0.2, 0.25) is 0 Å². The van der Waals surface area contributed by atoms with Crippen molar-refractivity contribution in [1.29, 1.82) is 0 Å². The molecule has 0 unspecified atom stereocenters. The largest absolute Gasteiger partial charge is 0.484 e. The van der Waals surface area contributed by atoms with Gasteiger partial charge in [-0.3, -0.25) is 14.7 Å². The van der Waals surface area contributed by atoms with Crippen LogP contribution in [0, 0.1) is 0 Å². The summed E-state index contributed by atoms with van der Waals surface area (Å²) in [6, 6.07) is 9.26. The molecule has 0 radical (unpaired) electrons. The van der Waals surface area contributed by atoms with E-state index in [-0.39, 0.29) is 30.2 Å². The SMILES string of the molecule is O=C(COc1ccccc1)Nc1c[nH]nc1C(=O)NC1CCCC1. The lowest BCUT2D eigenvalue weighted by Gasteiger charge is -2.11. The molecule has 1 saturated carbocycles. The van der Waals surface area contributed by atoms with Crippen LogP contribution in [0.4, 0.5) is 5.69 Å². The van der Waals surface area contributed by atoms with Crippen LogP contribution in [-0.4, -0.2) is 34.7 Å². The number of aromatic nitrogens is 2. The normalized spacial score (nSPS) is 14.3. The number of anilines is 1. The van der Waals surface area contributed by atoms with Crippen molar-refractivity contribution in [2.24, 2.45) is 0 Å². The van der Waals surface area contributed by atoms with Gasteiger partial charge in [-0.2, -0.15) is 5.10 Å². The smallest absolute Gasteiger partial charge is 0.274 e. The number of carbonyl (C=O) groups is 2. The van der Waals surface area contributed by atoms with Crippen LogP contribution >= 0.6 is 0 Å². The zero-order valence-corrected chi connectivity index (χ0v) is 13.2. The highest BCUT2D eigenvalue weighted by Crippen LogP contribution is 2.19. The van der Waals surface area contributed by atoms with E-state index in [9.17, 15) is 9.59 Å². The Morgan fingerprint density at radius 1 is 1.21 bits per heavy atom. The molecule has 1 heterocycles. The molecule has 0 saturated heterocycles. The first-order valence-electron chi connectivity index (χ1n) is 8.05. The third kappa shape index (κ3) is 4.13. The number of ether oxygens (including phenoxy) is 1. The summed E-state index contributed by atoms with van der Waals surface area (Å²) in [6.07, 6.45) is 5.73. The summed E-state index contributed by atoms with van der Waals surface area (Å²) in [5, 5.41) is 12.2. The first-order chi connectivity index (χ1) is 11.7. The van der Waals surface area contributed by atoms with Crippen LogP contribution < -0.4 is 15.4 Å². The number of H-pyrrole nitrogens is 1. The van der Waals surface area contributed by atoms with Crippen molar-refractivity contribution < 1.29 is 14.3 Å². The molecule has 1 aliphatic rings. The van der Waals surface area contributed by atoms with Crippen molar-refractivity contribution in [3.8, 4) is 5.75 Å². The van der Waals surface area contributed by atoms with E-state index in [2.05, 4.69) is 20.8 Å². The highest BCUT2D eigenvalue weighted by Gasteiger charge is 2.22. The summed E-state index contributed by atoms with van der Waals surface area (Å²) in [5.41, 5.74) is 0.544. The van der Waals surface area contributed by atoms with Crippen molar-refractivity contribution in [3.05, 3.63) is 42.2 Å². The monoisotopic (exact) mass is 328 g/mol. The minimum absolute atomic E-state index is 0.140. The Morgan fingerprint density at radius 2 is 1.96 bits per heavy atom. The minimum atomic E-state index is -0.352. The van der Waals surface area contributed by atoms with Crippen molar-refractivity contribution in [3.63, 3.8) is 0 Å². The lowest BCUT2D eigenvalue weighted by Crippen LogP contribution is -2.33. The number of nitrogens with zero attached hydrogens (tertiary/aromatic N) is 1. The van der Waals surface area contributed by atoms with Crippen LogP contribution in [-0.2, 0) is 4.79 Å². The van der Waals surface area contributed by atoms with Gasteiger partial charge in [0.05, 0.1) is 5.69 Å². The molecule has 1 aromatic heterocycles.